The van der Waals surface area contributed by atoms with E-state index < -0.39 is 5.97 Å². The molecule has 1 aliphatic rings. The van der Waals surface area contributed by atoms with Gasteiger partial charge >= 0.3 is 5.97 Å². The second-order valence-electron chi connectivity index (χ2n) is 5.37. The van der Waals surface area contributed by atoms with Gasteiger partial charge in [0, 0.05) is 0 Å². The number of carbonyl (C=O) groups is 1. The minimum Gasteiger partial charge on any atom is -0.468 e. The van der Waals surface area contributed by atoms with Gasteiger partial charge in [0.25, 0.3) is 5.56 Å². The molecule has 24 heavy (non-hydrogen) atoms. The van der Waals surface area contributed by atoms with Crippen molar-refractivity contribution in [3.05, 3.63) is 64.4 Å². The van der Waals surface area contributed by atoms with Gasteiger partial charge in [-0.2, -0.15) is 0 Å². The van der Waals surface area contributed by atoms with E-state index in [0.717, 1.165) is 18.4 Å². The van der Waals surface area contributed by atoms with Crippen LogP contribution >= 0.6 is 0 Å². The molecule has 2 aromatic rings. The summed E-state index contributed by atoms with van der Waals surface area (Å²) in [5.41, 5.74) is 2.15. The van der Waals surface area contributed by atoms with Crippen LogP contribution in [0.3, 0.4) is 0 Å². The highest BCUT2D eigenvalue weighted by Crippen LogP contribution is 2.13. The summed E-state index contributed by atoms with van der Waals surface area (Å²) in [4.78, 5) is 32.3. The van der Waals surface area contributed by atoms with Crippen LogP contribution in [-0.2, 0) is 16.1 Å². The first-order chi connectivity index (χ1) is 11.7. The van der Waals surface area contributed by atoms with E-state index in [1.54, 1.807) is 6.07 Å². The van der Waals surface area contributed by atoms with Gasteiger partial charge in [-0.3, -0.25) is 14.2 Å². The predicted molar refractivity (Wildman–Crippen MR) is 91.3 cm³/mol. The lowest BCUT2D eigenvalue weighted by Crippen LogP contribution is -2.25. The van der Waals surface area contributed by atoms with Gasteiger partial charge in [-0.25, -0.2) is 9.97 Å². The zero-order valence-electron chi connectivity index (χ0n) is 13.3. The Hall–Kier alpha value is -3.02. The summed E-state index contributed by atoms with van der Waals surface area (Å²) in [6, 6.07) is 3.56. The molecule has 1 aliphatic carbocycles. The Bertz CT molecular complexity index is 923. The molecule has 2 heterocycles. The largest absolute Gasteiger partial charge is 0.468 e. The molecule has 6 heteroatoms. The third kappa shape index (κ3) is 3.48. The Balaban J connectivity index is 1.94. The molecule has 0 radical (unpaired) electrons. The van der Waals surface area contributed by atoms with Gasteiger partial charge in [-0.15, -0.1) is 0 Å². The van der Waals surface area contributed by atoms with Gasteiger partial charge in [0.1, 0.15) is 6.54 Å². The number of allylic oxidation sites excluding steroid dienone is 5. The number of ether oxygens (including phenoxy) is 1. The summed E-state index contributed by atoms with van der Waals surface area (Å²) in [7, 11) is 1.28. The number of nitrogens with zero attached hydrogens (tertiary/aromatic N) is 3. The number of carbonyl (C=O) groups excluding carboxylic acids is 1. The van der Waals surface area contributed by atoms with Gasteiger partial charge in [-0.1, -0.05) is 24.3 Å². The Kier molecular flexibility index (Phi) is 4.65. The molecule has 0 fully saturated rings. The fourth-order valence-corrected chi connectivity index (χ4v) is 2.40. The Labute approximate surface area is 138 Å². The highest BCUT2D eigenvalue weighted by molar-refractivity contribution is 5.75. The van der Waals surface area contributed by atoms with E-state index in [0.29, 0.717) is 11.2 Å². The van der Waals surface area contributed by atoms with Gasteiger partial charge in [0.15, 0.2) is 5.52 Å². The highest BCUT2D eigenvalue weighted by atomic mass is 16.5. The maximum Gasteiger partial charge on any atom is 0.325 e. The molecule has 6 nitrogen and oxygen atoms in total. The van der Waals surface area contributed by atoms with Crippen molar-refractivity contribution in [2.45, 2.75) is 19.4 Å². The maximum absolute atomic E-state index is 12.4. The topological polar surface area (TPSA) is 74.1 Å². The third-order valence-corrected chi connectivity index (χ3v) is 3.69. The van der Waals surface area contributed by atoms with E-state index in [1.165, 1.54) is 18.0 Å². The molecule has 0 saturated heterocycles. The normalized spacial score (nSPS) is 14.1. The lowest BCUT2D eigenvalue weighted by molar-refractivity contribution is -0.141. The number of hydrogen-bond acceptors (Lipinski definition) is 5. The number of rotatable bonds is 4. The molecule has 3 rings (SSSR count). The van der Waals surface area contributed by atoms with Crippen molar-refractivity contribution in [2.75, 3.05) is 7.11 Å². The van der Waals surface area contributed by atoms with E-state index in [4.69, 9.17) is 0 Å². The van der Waals surface area contributed by atoms with E-state index in [-0.39, 0.29) is 17.6 Å². The van der Waals surface area contributed by atoms with Crippen LogP contribution in [0.1, 0.15) is 18.5 Å². The number of esters is 1. The number of aromatic nitrogens is 3. The van der Waals surface area contributed by atoms with E-state index >= 15 is 0 Å². The molecule has 0 atom stereocenters. The highest BCUT2D eigenvalue weighted by Gasteiger charge is 2.09. The maximum atomic E-state index is 12.4. The second kappa shape index (κ2) is 7.04. The quantitative estimate of drug-likeness (QED) is 0.807. The number of hydrogen-bond donors (Lipinski definition) is 0. The third-order valence-electron chi connectivity index (χ3n) is 3.69. The SMILES string of the molecule is COC(=O)Cn1cnc2ccc(/C=C/C3=CCCC=C3)nc2c1=O. The monoisotopic (exact) mass is 323 g/mol. The Morgan fingerprint density at radius 2 is 2.21 bits per heavy atom. The average Bonchev–Trinajstić information content (AvgIpc) is 2.63. The van der Waals surface area contributed by atoms with Gasteiger partial charge < -0.3 is 4.74 Å². The van der Waals surface area contributed by atoms with Crippen LogP contribution in [0.25, 0.3) is 17.1 Å². The Morgan fingerprint density at radius 3 is 2.96 bits per heavy atom. The van der Waals surface area contributed by atoms with Gasteiger partial charge in [-0.05, 0) is 36.6 Å². The van der Waals surface area contributed by atoms with E-state index in [2.05, 4.69) is 32.9 Å². The van der Waals surface area contributed by atoms with Gasteiger partial charge in [0.05, 0.1) is 24.6 Å². The summed E-state index contributed by atoms with van der Waals surface area (Å²) in [5.74, 6) is -0.509. The summed E-state index contributed by atoms with van der Waals surface area (Å²) in [6.07, 6.45) is 13.6. The molecule has 0 bridgehead atoms. The zero-order chi connectivity index (χ0) is 16.9. The van der Waals surface area contributed by atoms with Crippen LogP contribution in [0.15, 0.2) is 53.1 Å². The first-order valence-electron chi connectivity index (χ1n) is 7.65. The van der Waals surface area contributed by atoms with Crippen molar-refractivity contribution in [2.24, 2.45) is 0 Å². The second-order valence-corrected chi connectivity index (χ2v) is 5.37. The molecular weight excluding hydrogens is 306 g/mol. The zero-order valence-corrected chi connectivity index (χ0v) is 13.3. The first-order valence-corrected chi connectivity index (χ1v) is 7.65. The van der Waals surface area contributed by atoms with E-state index in [1.807, 2.05) is 18.2 Å². The number of methoxy groups -OCH3 is 1. The van der Waals surface area contributed by atoms with Crippen LogP contribution in [0, 0.1) is 0 Å². The Morgan fingerprint density at radius 1 is 1.33 bits per heavy atom. The van der Waals surface area contributed by atoms with Crippen LogP contribution in [-0.4, -0.2) is 27.6 Å². The molecule has 2 aromatic heterocycles. The van der Waals surface area contributed by atoms with Crippen LogP contribution in [0.2, 0.25) is 0 Å². The molecular formula is C18H17N3O3. The number of pyridine rings is 1. The molecule has 0 N–H and O–H groups in total. The van der Waals surface area contributed by atoms with Crippen molar-refractivity contribution in [3.63, 3.8) is 0 Å². The standard InChI is InChI=1S/C18H17N3O3/c1-24-16(22)11-21-12-19-15-10-9-14(20-17(15)18(21)23)8-7-13-5-3-2-4-6-13/h3,5-10,12H,2,4,11H2,1H3/b8-7+. The smallest absolute Gasteiger partial charge is 0.325 e. The van der Waals surface area contributed by atoms with Crippen LogP contribution < -0.4 is 5.56 Å². The lowest BCUT2D eigenvalue weighted by atomic mass is 10.1. The molecule has 0 saturated carbocycles. The summed E-state index contributed by atoms with van der Waals surface area (Å²) in [6.45, 7) is -0.183. The molecule has 122 valence electrons. The molecule has 0 aliphatic heterocycles. The van der Waals surface area contributed by atoms with Crippen molar-refractivity contribution in [3.8, 4) is 0 Å². The molecule has 0 spiro atoms. The minimum atomic E-state index is -0.509. The predicted octanol–water partition coefficient (Wildman–Crippen LogP) is 2.25. The molecule has 0 unspecified atom stereocenters. The lowest BCUT2D eigenvalue weighted by Gasteiger charge is -2.05. The fraction of sp³-hybridized carbons (Fsp3) is 0.222. The summed E-state index contributed by atoms with van der Waals surface area (Å²) in [5, 5.41) is 0. The molecule has 0 amide bonds. The van der Waals surface area contributed by atoms with E-state index in [9.17, 15) is 9.59 Å². The van der Waals surface area contributed by atoms with Crippen molar-refractivity contribution in [1.29, 1.82) is 0 Å². The summed E-state index contributed by atoms with van der Waals surface area (Å²) < 4.78 is 5.78. The minimum absolute atomic E-state index is 0.183. The number of fused-ring (bicyclic) bond motifs is 1. The van der Waals surface area contributed by atoms with Crippen molar-refractivity contribution >= 4 is 23.1 Å². The van der Waals surface area contributed by atoms with Crippen molar-refractivity contribution < 1.29 is 9.53 Å². The average molecular weight is 323 g/mol. The molecule has 0 aromatic carbocycles. The van der Waals surface area contributed by atoms with Crippen molar-refractivity contribution in [1.82, 2.24) is 14.5 Å². The van der Waals surface area contributed by atoms with Crippen LogP contribution in [0.4, 0.5) is 0 Å². The van der Waals surface area contributed by atoms with Gasteiger partial charge in [0.2, 0.25) is 0 Å². The first kappa shape index (κ1) is 15.9. The summed E-state index contributed by atoms with van der Waals surface area (Å²) >= 11 is 0. The van der Waals surface area contributed by atoms with Crippen LogP contribution in [0.5, 0.6) is 0 Å². The fourth-order valence-electron chi connectivity index (χ4n) is 2.40.